The van der Waals surface area contributed by atoms with Crippen molar-refractivity contribution in [2.45, 2.75) is 89.2 Å². The van der Waals surface area contributed by atoms with E-state index in [1.165, 1.54) is 44.9 Å². The maximum atomic E-state index is 11.6. The van der Waals surface area contributed by atoms with Gasteiger partial charge in [-0.1, -0.05) is 71.1 Å². The van der Waals surface area contributed by atoms with E-state index in [9.17, 15) is 18.0 Å². The van der Waals surface area contributed by atoms with Crippen LogP contribution >= 0.6 is 0 Å². The molecule has 0 heterocycles. The Labute approximate surface area is 180 Å². The van der Waals surface area contributed by atoms with Gasteiger partial charge >= 0.3 is 41.5 Å². The molecule has 150 valence electrons. The van der Waals surface area contributed by atoms with E-state index in [0.29, 0.717) is 6.42 Å². The number of esters is 1. The first-order valence-electron chi connectivity index (χ1n) is 9.13. The summed E-state index contributed by atoms with van der Waals surface area (Å²) in [6, 6.07) is 0. The van der Waals surface area contributed by atoms with Crippen LogP contribution in [0, 0.1) is 0 Å². The minimum absolute atomic E-state index is 0. The van der Waals surface area contributed by atoms with E-state index in [4.69, 9.17) is 14.4 Å². The Kier molecular flexibility index (Phi) is 18.3. The summed E-state index contributed by atoms with van der Waals surface area (Å²) < 4.78 is 35.7. The van der Waals surface area contributed by atoms with Gasteiger partial charge in [0.05, 0.1) is 13.0 Å². The quantitative estimate of drug-likeness (QED) is 0.168. The standard InChI is InChI=1S/C17H32O7S.Na.H/c1-2-3-4-5-6-7-8-9-10-11-12-13-24-17(20)15(14-16(18)19)25(21,22)23;;/h15H,2-14H2,1H3,(H,18,19)(H,21,22,23);;/q;+1;-1. The summed E-state index contributed by atoms with van der Waals surface area (Å²) in [7, 11) is -4.78. The van der Waals surface area contributed by atoms with Crippen molar-refractivity contribution in [1.82, 2.24) is 0 Å². The fourth-order valence-electron chi connectivity index (χ4n) is 2.50. The van der Waals surface area contributed by atoms with E-state index in [1.54, 1.807) is 0 Å². The summed E-state index contributed by atoms with van der Waals surface area (Å²) in [4.78, 5) is 22.1. The fourth-order valence-corrected chi connectivity index (χ4v) is 3.17. The summed E-state index contributed by atoms with van der Waals surface area (Å²) in [5, 5.41) is 6.53. The molecule has 2 N–H and O–H groups in total. The largest absolute Gasteiger partial charge is 1.00 e. The van der Waals surface area contributed by atoms with Gasteiger partial charge in [0.15, 0.2) is 5.25 Å². The van der Waals surface area contributed by atoms with Crippen LogP contribution in [0.3, 0.4) is 0 Å². The second-order valence-electron chi connectivity index (χ2n) is 6.30. The molecule has 0 rings (SSSR count). The maximum Gasteiger partial charge on any atom is 1.00 e. The summed E-state index contributed by atoms with van der Waals surface area (Å²) >= 11 is 0. The number of hydrogen-bond acceptors (Lipinski definition) is 5. The van der Waals surface area contributed by atoms with Crippen molar-refractivity contribution in [3.63, 3.8) is 0 Å². The molecule has 0 aromatic carbocycles. The molecule has 26 heavy (non-hydrogen) atoms. The minimum atomic E-state index is -4.78. The maximum absolute atomic E-state index is 11.6. The summed E-state index contributed by atoms with van der Waals surface area (Å²) in [5.41, 5.74) is 0. The topological polar surface area (TPSA) is 118 Å². The molecule has 0 saturated heterocycles. The van der Waals surface area contributed by atoms with Crippen molar-refractivity contribution in [1.29, 1.82) is 0 Å². The number of carbonyl (C=O) groups is 2. The van der Waals surface area contributed by atoms with Gasteiger partial charge in [-0.05, 0) is 6.42 Å². The van der Waals surface area contributed by atoms with E-state index in [-0.39, 0.29) is 37.6 Å². The molecule has 0 aromatic rings. The van der Waals surface area contributed by atoms with Crippen molar-refractivity contribution in [2.75, 3.05) is 6.61 Å². The van der Waals surface area contributed by atoms with Crippen molar-refractivity contribution >= 4 is 22.1 Å². The van der Waals surface area contributed by atoms with Crippen LogP contribution in [0.25, 0.3) is 0 Å². The molecule has 0 aliphatic carbocycles. The molecule has 9 heteroatoms. The van der Waals surface area contributed by atoms with Crippen molar-refractivity contribution in [3.8, 4) is 0 Å². The number of rotatable bonds is 16. The zero-order valence-electron chi connectivity index (χ0n) is 17.1. The Balaban J connectivity index is -0.00000288. The number of carbonyl (C=O) groups excluding carboxylic acids is 1. The summed E-state index contributed by atoms with van der Waals surface area (Å²) in [5.74, 6) is -2.70. The van der Waals surface area contributed by atoms with Crippen molar-refractivity contribution < 1.29 is 63.4 Å². The molecule has 1 atom stereocenters. The number of carboxylic acids is 1. The van der Waals surface area contributed by atoms with E-state index >= 15 is 0 Å². The van der Waals surface area contributed by atoms with Gasteiger partial charge in [-0.25, -0.2) is 0 Å². The van der Waals surface area contributed by atoms with Crippen LogP contribution in [0.1, 0.15) is 85.4 Å². The van der Waals surface area contributed by atoms with Gasteiger partial charge in [-0.15, -0.1) is 0 Å². The Morgan fingerprint density at radius 1 is 0.923 bits per heavy atom. The molecule has 0 fully saturated rings. The van der Waals surface area contributed by atoms with Crippen LogP contribution in [0.15, 0.2) is 0 Å². The van der Waals surface area contributed by atoms with Gasteiger partial charge in [-0.3, -0.25) is 14.1 Å². The van der Waals surface area contributed by atoms with Crippen LogP contribution in [-0.2, 0) is 24.4 Å². The molecule has 0 saturated carbocycles. The van der Waals surface area contributed by atoms with E-state index in [1.807, 2.05) is 0 Å². The number of ether oxygens (including phenoxy) is 1. The van der Waals surface area contributed by atoms with E-state index < -0.39 is 33.7 Å². The zero-order valence-corrected chi connectivity index (χ0v) is 18.9. The van der Waals surface area contributed by atoms with Crippen LogP contribution in [-0.4, -0.2) is 41.9 Å². The van der Waals surface area contributed by atoms with Crippen LogP contribution in [0.4, 0.5) is 0 Å². The number of aliphatic carboxylic acids is 1. The molecular weight excluding hydrogens is 371 g/mol. The molecule has 0 aliphatic heterocycles. The first kappa shape index (κ1) is 28.1. The summed E-state index contributed by atoms with van der Waals surface area (Å²) in [6.45, 7) is 2.23. The number of carboxylic acid groups (broad SMARTS) is 1. The third kappa shape index (κ3) is 16.1. The Morgan fingerprint density at radius 2 is 1.35 bits per heavy atom. The minimum Gasteiger partial charge on any atom is -1.00 e. The fraction of sp³-hybridized carbons (Fsp3) is 0.882. The second-order valence-corrected chi connectivity index (χ2v) is 7.90. The van der Waals surface area contributed by atoms with E-state index in [0.717, 1.165) is 19.3 Å². The Bertz CT molecular complexity index is 486. The van der Waals surface area contributed by atoms with Gasteiger partial charge in [0.1, 0.15) is 0 Å². The molecule has 0 aliphatic rings. The molecular formula is C17H33NaO7S. The normalized spacial score (nSPS) is 12.2. The Morgan fingerprint density at radius 3 is 1.73 bits per heavy atom. The van der Waals surface area contributed by atoms with Gasteiger partial charge in [0.2, 0.25) is 0 Å². The third-order valence-corrected chi connectivity index (χ3v) is 5.05. The molecule has 0 radical (unpaired) electrons. The van der Waals surface area contributed by atoms with Crippen LogP contribution in [0.5, 0.6) is 0 Å². The molecule has 0 amide bonds. The third-order valence-electron chi connectivity index (χ3n) is 3.97. The average molecular weight is 405 g/mol. The van der Waals surface area contributed by atoms with Gasteiger partial charge in [0.25, 0.3) is 10.1 Å². The van der Waals surface area contributed by atoms with Crippen molar-refractivity contribution in [3.05, 3.63) is 0 Å². The number of hydrogen-bond donors (Lipinski definition) is 2. The average Bonchev–Trinajstić information content (AvgIpc) is 2.52. The first-order chi connectivity index (χ1) is 11.8. The molecule has 0 bridgehead atoms. The molecule has 1 unspecified atom stereocenters. The van der Waals surface area contributed by atoms with Gasteiger partial charge in [0, 0.05) is 0 Å². The first-order valence-corrected chi connectivity index (χ1v) is 10.6. The molecule has 0 spiro atoms. The number of unbranched alkanes of at least 4 members (excludes halogenated alkanes) is 10. The Hall–Kier alpha value is -0.150. The summed E-state index contributed by atoms with van der Waals surface area (Å²) in [6.07, 6.45) is 11.5. The monoisotopic (exact) mass is 404 g/mol. The predicted octanol–water partition coefficient (Wildman–Crippen LogP) is 0.688. The zero-order chi connectivity index (χ0) is 19.1. The van der Waals surface area contributed by atoms with Crippen molar-refractivity contribution in [2.24, 2.45) is 0 Å². The van der Waals surface area contributed by atoms with Crippen LogP contribution in [0.2, 0.25) is 0 Å². The van der Waals surface area contributed by atoms with Gasteiger partial charge < -0.3 is 11.3 Å². The smallest absolute Gasteiger partial charge is 1.00 e. The molecule has 7 nitrogen and oxygen atoms in total. The van der Waals surface area contributed by atoms with E-state index in [2.05, 4.69) is 6.92 Å². The predicted molar refractivity (Wildman–Crippen MR) is 96.1 cm³/mol. The van der Waals surface area contributed by atoms with Gasteiger partial charge in [-0.2, -0.15) is 8.42 Å². The van der Waals surface area contributed by atoms with Crippen LogP contribution < -0.4 is 29.6 Å². The molecule has 0 aromatic heterocycles. The second kappa shape index (κ2) is 17.0. The SMILES string of the molecule is CCCCCCCCCCCCCOC(=O)C(CC(=O)O)S(=O)(=O)O.[H-].[Na+].